The SMILES string of the molecule is Cc1cc(C)nc(Nc2cccc(CCl)n2)n1. The Morgan fingerprint density at radius 3 is 2.47 bits per heavy atom. The number of alkyl halides is 1. The maximum Gasteiger partial charge on any atom is 0.228 e. The van der Waals surface area contributed by atoms with Crippen molar-refractivity contribution >= 4 is 23.4 Å². The lowest BCUT2D eigenvalue weighted by Gasteiger charge is -2.06. The number of rotatable bonds is 3. The first-order valence-electron chi connectivity index (χ1n) is 5.28. The normalized spacial score (nSPS) is 10.3. The van der Waals surface area contributed by atoms with Gasteiger partial charge in [0.2, 0.25) is 5.95 Å². The van der Waals surface area contributed by atoms with E-state index in [9.17, 15) is 0 Å². The molecule has 0 amide bonds. The van der Waals surface area contributed by atoms with Crippen molar-refractivity contribution in [3.8, 4) is 0 Å². The average Bonchev–Trinajstić information content (AvgIpc) is 2.28. The molecule has 1 N–H and O–H groups in total. The topological polar surface area (TPSA) is 50.7 Å². The molecule has 0 aliphatic heterocycles. The first-order chi connectivity index (χ1) is 8.17. The number of hydrogen-bond donors (Lipinski definition) is 1. The Morgan fingerprint density at radius 2 is 1.82 bits per heavy atom. The van der Waals surface area contributed by atoms with Crippen LogP contribution < -0.4 is 5.32 Å². The molecule has 5 heteroatoms. The molecule has 2 aromatic heterocycles. The second-order valence-electron chi connectivity index (χ2n) is 3.75. The summed E-state index contributed by atoms with van der Waals surface area (Å²) < 4.78 is 0. The van der Waals surface area contributed by atoms with Crippen LogP contribution in [0, 0.1) is 13.8 Å². The molecule has 0 aromatic carbocycles. The first-order valence-corrected chi connectivity index (χ1v) is 5.82. The van der Waals surface area contributed by atoms with E-state index in [1.807, 2.05) is 38.1 Å². The van der Waals surface area contributed by atoms with Crippen LogP contribution in [0.4, 0.5) is 11.8 Å². The molecule has 88 valence electrons. The Balaban J connectivity index is 2.24. The Kier molecular flexibility index (Phi) is 3.54. The summed E-state index contributed by atoms with van der Waals surface area (Å²) in [5.41, 5.74) is 2.67. The Labute approximate surface area is 105 Å². The van der Waals surface area contributed by atoms with Crippen molar-refractivity contribution in [1.29, 1.82) is 0 Å². The second kappa shape index (κ2) is 5.10. The highest BCUT2D eigenvalue weighted by atomic mass is 35.5. The average molecular weight is 249 g/mol. The lowest BCUT2D eigenvalue weighted by molar-refractivity contribution is 1.05. The summed E-state index contributed by atoms with van der Waals surface area (Å²) in [6, 6.07) is 7.56. The maximum absolute atomic E-state index is 5.73. The van der Waals surface area contributed by atoms with Crippen molar-refractivity contribution in [1.82, 2.24) is 15.0 Å². The van der Waals surface area contributed by atoms with Gasteiger partial charge in [-0.2, -0.15) is 0 Å². The lowest BCUT2D eigenvalue weighted by Crippen LogP contribution is -2.02. The molecular formula is C12H13ClN4. The fourth-order valence-electron chi connectivity index (χ4n) is 1.52. The van der Waals surface area contributed by atoms with Crippen molar-refractivity contribution in [2.75, 3.05) is 5.32 Å². The maximum atomic E-state index is 5.73. The first kappa shape index (κ1) is 11.8. The fraction of sp³-hybridized carbons (Fsp3) is 0.250. The van der Waals surface area contributed by atoms with Gasteiger partial charge in [-0.1, -0.05) is 6.07 Å². The van der Waals surface area contributed by atoms with E-state index < -0.39 is 0 Å². The third-order valence-corrected chi connectivity index (χ3v) is 2.44. The van der Waals surface area contributed by atoms with Crippen molar-refractivity contribution in [2.24, 2.45) is 0 Å². The summed E-state index contributed by atoms with van der Waals surface area (Å²) in [4.78, 5) is 12.9. The number of aryl methyl sites for hydroxylation is 2. The van der Waals surface area contributed by atoms with E-state index in [1.54, 1.807) is 0 Å². The summed E-state index contributed by atoms with van der Waals surface area (Å²) in [6.45, 7) is 3.87. The largest absolute Gasteiger partial charge is 0.309 e. The molecule has 0 atom stereocenters. The molecule has 0 spiro atoms. The predicted molar refractivity (Wildman–Crippen MR) is 68.6 cm³/mol. The highest BCUT2D eigenvalue weighted by Gasteiger charge is 2.01. The Morgan fingerprint density at radius 1 is 1.12 bits per heavy atom. The summed E-state index contributed by atoms with van der Waals surface area (Å²) in [5.74, 6) is 1.65. The van der Waals surface area contributed by atoms with E-state index in [0.717, 1.165) is 17.1 Å². The van der Waals surface area contributed by atoms with Crippen LogP contribution in [0.15, 0.2) is 24.3 Å². The molecule has 17 heavy (non-hydrogen) atoms. The smallest absolute Gasteiger partial charge is 0.228 e. The molecule has 0 saturated heterocycles. The van der Waals surface area contributed by atoms with Gasteiger partial charge in [0.05, 0.1) is 11.6 Å². The molecule has 0 unspecified atom stereocenters. The summed E-state index contributed by atoms with van der Waals surface area (Å²) >= 11 is 5.73. The van der Waals surface area contributed by atoms with Crippen LogP contribution in [0.2, 0.25) is 0 Å². The summed E-state index contributed by atoms with van der Waals surface area (Å²) in [7, 11) is 0. The third kappa shape index (κ3) is 3.14. The minimum absolute atomic E-state index is 0.392. The zero-order valence-electron chi connectivity index (χ0n) is 9.74. The molecule has 0 aliphatic carbocycles. The molecule has 0 saturated carbocycles. The monoisotopic (exact) mass is 248 g/mol. The van der Waals surface area contributed by atoms with E-state index in [1.165, 1.54) is 0 Å². The van der Waals surface area contributed by atoms with Crippen molar-refractivity contribution in [3.05, 3.63) is 41.3 Å². The van der Waals surface area contributed by atoms with Gasteiger partial charge in [0.15, 0.2) is 0 Å². The number of aromatic nitrogens is 3. The molecule has 2 aromatic rings. The van der Waals surface area contributed by atoms with E-state index in [4.69, 9.17) is 11.6 Å². The number of halogens is 1. The van der Waals surface area contributed by atoms with Crippen molar-refractivity contribution < 1.29 is 0 Å². The van der Waals surface area contributed by atoms with E-state index in [0.29, 0.717) is 17.6 Å². The van der Waals surface area contributed by atoms with Crippen LogP contribution in [-0.2, 0) is 5.88 Å². The van der Waals surface area contributed by atoms with Gasteiger partial charge in [0.1, 0.15) is 5.82 Å². The van der Waals surface area contributed by atoms with E-state index in [2.05, 4.69) is 20.3 Å². The van der Waals surface area contributed by atoms with Crippen LogP contribution >= 0.6 is 11.6 Å². The molecule has 0 bridgehead atoms. The molecule has 2 rings (SSSR count). The molecule has 2 heterocycles. The van der Waals surface area contributed by atoms with E-state index >= 15 is 0 Å². The van der Waals surface area contributed by atoms with Crippen molar-refractivity contribution in [2.45, 2.75) is 19.7 Å². The number of anilines is 2. The summed E-state index contributed by atoms with van der Waals surface area (Å²) in [6.07, 6.45) is 0. The zero-order chi connectivity index (χ0) is 12.3. The Bertz CT molecular complexity index is 507. The minimum atomic E-state index is 0.392. The highest BCUT2D eigenvalue weighted by molar-refractivity contribution is 6.16. The molecule has 4 nitrogen and oxygen atoms in total. The highest BCUT2D eigenvalue weighted by Crippen LogP contribution is 2.12. The van der Waals surface area contributed by atoms with Gasteiger partial charge in [-0.05, 0) is 32.0 Å². The predicted octanol–water partition coefficient (Wildman–Crippen LogP) is 2.97. The van der Waals surface area contributed by atoms with Gasteiger partial charge in [-0.3, -0.25) is 0 Å². The van der Waals surface area contributed by atoms with Crippen LogP contribution in [0.1, 0.15) is 17.1 Å². The number of nitrogens with one attached hydrogen (secondary N) is 1. The lowest BCUT2D eigenvalue weighted by atomic mass is 10.3. The van der Waals surface area contributed by atoms with Crippen LogP contribution in [0.3, 0.4) is 0 Å². The quantitative estimate of drug-likeness (QED) is 0.849. The zero-order valence-corrected chi connectivity index (χ0v) is 10.5. The summed E-state index contributed by atoms with van der Waals surface area (Å²) in [5, 5.41) is 3.07. The molecule has 0 aliphatic rings. The van der Waals surface area contributed by atoms with Gasteiger partial charge in [0, 0.05) is 11.4 Å². The Hall–Kier alpha value is -1.68. The minimum Gasteiger partial charge on any atom is -0.309 e. The number of nitrogens with zero attached hydrogens (tertiary/aromatic N) is 3. The van der Waals surface area contributed by atoms with Crippen LogP contribution in [-0.4, -0.2) is 15.0 Å². The van der Waals surface area contributed by atoms with Gasteiger partial charge in [-0.25, -0.2) is 15.0 Å². The fourth-order valence-corrected chi connectivity index (χ4v) is 1.67. The van der Waals surface area contributed by atoms with Crippen LogP contribution in [0.5, 0.6) is 0 Å². The van der Waals surface area contributed by atoms with Gasteiger partial charge in [0.25, 0.3) is 0 Å². The van der Waals surface area contributed by atoms with Crippen molar-refractivity contribution in [3.63, 3.8) is 0 Å². The van der Waals surface area contributed by atoms with Gasteiger partial charge in [-0.15, -0.1) is 11.6 Å². The second-order valence-corrected chi connectivity index (χ2v) is 4.01. The number of hydrogen-bond acceptors (Lipinski definition) is 4. The number of pyridine rings is 1. The molecule has 0 fully saturated rings. The van der Waals surface area contributed by atoms with Crippen LogP contribution in [0.25, 0.3) is 0 Å². The van der Waals surface area contributed by atoms with E-state index in [-0.39, 0.29) is 0 Å². The molecular weight excluding hydrogens is 236 g/mol. The van der Waals surface area contributed by atoms with Gasteiger partial charge < -0.3 is 5.32 Å². The molecule has 0 radical (unpaired) electrons. The standard InChI is InChI=1S/C12H13ClN4/c1-8-6-9(2)15-12(14-8)17-11-5-3-4-10(7-13)16-11/h3-6H,7H2,1-2H3,(H,14,15,16,17). The van der Waals surface area contributed by atoms with Gasteiger partial charge >= 0.3 is 0 Å². The third-order valence-electron chi connectivity index (χ3n) is 2.17.